The van der Waals surface area contributed by atoms with E-state index in [1.165, 1.54) is 15.9 Å². The molecule has 0 radical (unpaired) electrons. The molecule has 3 N–H and O–H groups in total. The molecule has 0 atom stereocenters. The number of aromatic nitrogens is 1. The Labute approximate surface area is 237 Å². The number of Topliss-reactive ketones (excluding diaryl/α,β-unsaturated/α-hetero) is 1. The number of carbonyl (C=O) groups excluding carboxylic acids is 2. The van der Waals surface area contributed by atoms with E-state index in [1.54, 1.807) is 25.4 Å². The van der Waals surface area contributed by atoms with Crippen molar-refractivity contribution in [2.75, 3.05) is 33.2 Å². The fraction of sp³-hybridized carbons (Fsp3) is 0.367. The highest BCUT2D eigenvalue weighted by Gasteiger charge is 2.33. The van der Waals surface area contributed by atoms with Gasteiger partial charge in [0.05, 0.1) is 23.2 Å². The van der Waals surface area contributed by atoms with Crippen LogP contribution in [0.4, 0.5) is 9.59 Å². The van der Waals surface area contributed by atoms with Crippen molar-refractivity contribution in [2.45, 2.75) is 39.5 Å². The molecule has 11 nitrogen and oxygen atoms in total. The Hall–Kier alpha value is -4.51. The summed E-state index contributed by atoms with van der Waals surface area (Å²) in [5, 5.41) is 20.7. The number of H-pyrrole nitrogens is 1. The first-order valence-corrected chi connectivity index (χ1v) is 13.4. The number of carboxylic acid groups (broad SMARTS) is 1. The topological polar surface area (TPSA) is 136 Å². The van der Waals surface area contributed by atoms with Gasteiger partial charge in [0.1, 0.15) is 17.1 Å². The van der Waals surface area contributed by atoms with E-state index in [0.717, 1.165) is 22.0 Å². The number of phenols is 1. The van der Waals surface area contributed by atoms with Gasteiger partial charge in [-0.25, -0.2) is 9.59 Å². The van der Waals surface area contributed by atoms with Crippen LogP contribution in [0.15, 0.2) is 42.3 Å². The van der Waals surface area contributed by atoms with Crippen molar-refractivity contribution >= 4 is 34.9 Å². The van der Waals surface area contributed by atoms with Gasteiger partial charge >= 0.3 is 12.2 Å². The first-order valence-electron chi connectivity index (χ1n) is 13.4. The van der Waals surface area contributed by atoms with Gasteiger partial charge in [-0.3, -0.25) is 9.69 Å². The number of amides is 2. The van der Waals surface area contributed by atoms with Crippen LogP contribution in [0.3, 0.4) is 0 Å². The zero-order valence-electron chi connectivity index (χ0n) is 23.6. The smallest absolute Gasteiger partial charge is 0.410 e. The van der Waals surface area contributed by atoms with Crippen molar-refractivity contribution in [3.63, 3.8) is 0 Å². The lowest BCUT2D eigenvalue weighted by Crippen LogP contribution is -2.47. The van der Waals surface area contributed by atoms with Crippen LogP contribution in [-0.2, 0) is 17.8 Å². The molecule has 2 aromatic carbocycles. The first-order chi connectivity index (χ1) is 19.4. The molecule has 1 saturated heterocycles. The summed E-state index contributed by atoms with van der Waals surface area (Å²) < 4.78 is 11.5. The van der Waals surface area contributed by atoms with E-state index in [2.05, 4.69) is 4.98 Å². The zero-order valence-corrected chi connectivity index (χ0v) is 23.6. The molecule has 0 spiro atoms. The molecular formula is C30H34N4O7. The summed E-state index contributed by atoms with van der Waals surface area (Å²) in [6.45, 7) is 7.86. The lowest BCUT2D eigenvalue weighted by atomic mass is 10.0. The molecule has 41 heavy (non-hydrogen) atoms. The van der Waals surface area contributed by atoms with Crippen LogP contribution < -0.4 is 4.74 Å². The number of ketones is 1. The number of hydrogen-bond donors (Lipinski definition) is 3. The minimum Gasteiger partial charge on any atom is -0.507 e. The third-order valence-electron chi connectivity index (χ3n) is 7.17. The summed E-state index contributed by atoms with van der Waals surface area (Å²) >= 11 is 0. The van der Waals surface area contributed by atoms with Gasteiger partial charge in [-0.15, -0.1) is 0 Å². The van der Waals surface area contributed by atoms with Gasteiger partial charge in [0.25, 0.3) is 0 Å². The number of nitrogens with zero attached hydrogens (tertiary/aromatic N) is 3. The molecule has 3 heterocycles. The predicted octanol–water partition coefficient (Wildman–Crippen LogP) is 4.65. The van der Waals surface area contributed by atoms with Crippen LogP contribution in [-0.4, -0.2) is 86.7 Å². The van der Waals surface area contributed by atoms with Gasteiger partial charge < -0.3 is 34.5 Å². The van der Waals surface area contributed by atoms with Gasteiger partial charge in [-0.2, -0.15) is 0 Å². The number of benzene rings is 2. The Morgan fingerprint density at radius 1 is 1.15 bits per heavy atom. The number of carbonyl (C=O) groups is 3. The van der Waals surface area contributed by atoms with E-state index >= 15 is 0 Å². The first kappa shape index (κ1) is 28.0. The fourth-order valence-corrected chi connectivity index (χ4v) is 5.06. The van der Waals surface area contributed by atoms with Gasteiger partial charge in [-0.1, -0.05) is 18.2 Å². The number of fused-ring (bicyclic) bond motifs is 2. The average molecular weight is 563 g/mol. The Balaban J connectivity index is 1.36. The summed E-state index contributed by atoms with van der Waals surface area (Å²) in [7, 11) is 1.68. The number of rotatable bonds is 5. The molecule has 0 aliphatic carbocycles. The Bertz CT molecular complexity index is 1540. The molecule has 0 bridgehead atoms. The van der Waals surface area contributed by atoms with E-state index in [-0.39, 0.29) is 17.3 Å². The molecular weight excluding hydrogens is 528 g/mol. The number of hydrogen-bond acceptors (Lipinski definition) is 7. The number of piperazine rings is 1. The lowest BCUT2D eigenvalue weighted by Gasteiger charge is -2.33. The van der Waals surface area contributed by atoms with Crippen LogP contribution in [0.1, 0.15) is 47.8 Å². The van der Waals surface area contributed by atoms with E-state index in [0.29, 0.717) is 56.1 Å². The van der Waals surface area contributed by atoms with Gasteiger partial charge in [0.2, 0.25) is 5.78 Å². The molecule has 1 fully saturated rings. The molecule has 2 aliphatic heterocycles. The summed E-state index contributed by atoms with van der Waals surface area (Å²) in [6, 6.07) is 8.79. The highest BCUT2D eigenvalue weighted by molar-refractivity contribution is 6.15. The Morgan fingerprint density at radius 2 is 1.88 bits per heavy atom. The maximum absolute atomic E-state index is 13.3. The standard InChI is InChI=1S/C30H34N4O7/c1-30(2,3)41-29(39)32(4)16-18-6-5-7-20-19(15-31-25(18)20)14-24-26(36)21-8-9-23(35)22(27(21)40-24)17-33-10-12-34(13-11-33)28(37)38/h5-9,14-15,31,35H,10-13,16-17H2,1-4H3,(H,37,38)/b24-14-. The number of ether oxygens (including phenoxy) is 2. The molecule has 1 aromatic heterocycles. The summed E-state index contributed by atoms with van der Waals surface area (Å²) in [5.41, 5.74) is 2.73. The van der Waals surface area contributed by atoms with Gasteiger partial charge in [-0.05, 0) is 44.5 Å². The highest BCUT2D eigenvalue weighted by Crippen LogP contribution is 2.40. The molecule has 2 amide bonds. The van der Waals surface area contributed by atoms with E-state index in [1.807, 2.05) is 43.9 Å². The van der Waals surface area contributed by atoms with Gasteiger partial charge in [0.15, 0.2) is 5.76 Å². The number of aromatic amines is 1. The second-order valence-electron chi connectivity index (χ2n) is 11.3. The normalized spacial score (nSPS) is 16.6. The van der Waals surface area contributed by atoms with Crippen LogP contribution in [0.2, 0.25) is 0 Å². The van der Waals surface area contributed by atoms with Crippen molar-refractivity contribution < 1.29 is 34.1 Å². The SMILES string of the molecule is CN(Cc1cccc2c(/C=C3\Oc4c(ccc(O)c4CN4CCN(C(=O)O)CC4)C3=O)c[nH]c12)C(=O)OC(C)(C)C. The third kappa shape index (κ3) is 5.85. The number of para-hydroxylation sites is 1. The molecule has 216 valence electrons. The van der Waals surface area contributed by atoms with Crippen molar-refractivity contribution in [1.82, 2.24) is 19.7 Å². The average Bonchev–Trinajstić information content (AvgIpc) is 3.46. The quantitative estimate of drug-likeness (QED) is 0.383. The Kier molecular flexibility index (Phi) is 7.39. The van der Waals surface area contributed by atoms with E-state index in [4.69, 9.17) is 9.47 Å². The summed E-state index contributed by atoms with van der Waals surface area (Å²) in [4.78, 5) is 45.2. The van der Waals surface area contributed by atoms with Crippen molar-refractivity contribution in [3.05, 3.63) is 64.5 Å². The highest BCUT2D eigenvalue weighted by atomic mass is 16.6. The van der Waals surface area contributed by atoms with Crippen molar-refractivity contribution in [2.24, 2.45) is 0 Å². The summed E-state index contributed by atoms with van der Waals surface area (Å²) in [5.74, 6) is 0.192. The number of allylic oxidation sites excluding steroid dienone is 1. The minimum absolute atomic E-state index is 0.0179. The molecule has 0 unspecified atom stereocenters. The molecule has 3 aromatic rings. The maximum Gasteiger partial charge on any atom is 0.410 e. The zero-order chi connectivity index (χ0) is 29.5. The minimum atomic E-state index is -0.948. The monoisotopic (exact) mass is 562 g/mol. The van der Waals surface area contributed by atoms with Crippen LogP contribution in [0.5, 0.6) is 11.5 Å². The lowest BCUT2D eigenvalue weighted by molar-refractivity contribution is 0.0285. The van der Waals surface area contributed by atoms with E-state index in [9.17, 15) is 24.6 Å². The molecule has 2 aliphatic rings. The van der Waals surface area contributed by atoms with Gasteiger partial charge in [0, 0.05) is 56.9 Å². The largest absolute Gasteiger partial charge is 0.507 e. The maximum atomic E-state index is 13.3. The molecule has 11 heteroatoms. The number of phenolic OH excluding ortho intramolecular Hbond substituents is 1. The van der Waals surface area contributed by atoms with Crippen LogP contribution in [0.25, 0.3) is 17.0 Å². The van der Waals surface area contributed by atoms with Crippen molar-refractivity contribution in [3.8, 4) is 11.5 Å². The van der Waals surface area contributed by atoms with Crippen LogP contribution >= 0.6 is 0 Å². The Morgan fingerprint density at radius 3 is 2.56 bits per heavy atom. The summed E-state index contributed by atoms with van der Waals surface area (Å²) in [6.07, 6.45) is 2.09. The number of nitrogens with one attached hydrogen (secondary N) is 1. The van der Waals surface area contributed by atoms with E-state index < -0.39 is 17.8 Å². The number of aromatic hydroxyl groups is 1. The fourth-order valence-electron chi connectivity index (χ4n) is 5.06. The third-order valence-corrected chi connectivity index (χ3v) is 7.17. The predicted molar refractivity (Wildman–Crippen MR) is 152 cm³/mol. The second kappa shape index (κ2) is 10.8. The van der Waals surface area contributed by atoms with Crippen LogP contribution in [0, 0.1) is 0 Å². The molecule has 5 rings (SSSR count). The van der Waals surface area contributed by atoms with Crippen molar-refractivity contribution in [1.29, 1.82) is 0 Å². The second-order valence-corrected chi connectivity index (χ2v) is 11.3. The molecule has 0 saturated carbocycles.